The molecule has 0 aromatic heterocycles. The standard InChI is InChI=1S/C18H19NO2/c1-14-12-16(20)10-11-19(14)15-6-5-9-18(13-15)21-17-7-3-2-4-8-17/h2-9,13-14H,10-12H2,1H3. The van der Waals surface area contributed by atoms with Crippen LogP contribution in [0.5, 0.6) is 11.5 Å². The Morgan fingerprint density at radius 2 is 1.81 bits per heavy atom. The Bertz CT molecular complexity index is 624. The highest BCUT2D eigenvalue weighted by Crippen LogP contribution is 2.29. The molecule has 2 aromatic carbocycles. The van der Waals surface area contributed by atoms with Gasteiger partial charge in [0, 0.05) is 37.2 Å². The lowest BCUT2D eigenvalue weighted by Gasteiger charge is -2.34. The van der Waals surface area contributed by atoms with Crippen LogP contribution in [0.2, 0.25) is 0 Å². The first-order chi connectivity index (χ1) is 10.2. The second kappa shape index (κ2) is 6.00. The van der Waals surface area contributed by atoms with E-state index in [4.69, 9.17) is 4.74 Å². The van der Waals surface area contributed by atoms with Crippen molar-refractivity contribution in [1.82, 2.24) is 0 Å². The highest BCUT2D eigenvalue weighted by molar-refractivity contribution is 5.81. The van der Waals surface area contributed by atoms with Crippen molar-refractivity contribution in [1.29, 1.82) is 0 Å². The maximum absolute atomic E-state index is 11.5. The van der Waals surface area contributed by atoms with Crippen LogP contribution in [0, 0.1) is 0 Å². The van der Waals surface area contributed by atoms with Gasteiger partial charge in [-0.05, 0) is 31.2 Å². The van der Waals surface area contributed by atoms with Gasteiger partial charge in [0.15, 0.2) is 0 Å². The summed E-state index contributed by atoms with van der Waals surface area (Å²) in [6, 6.07) is 18.1. The number of benzene rings is 2. The van der Waals surface area contributed by atoms with Crippen molar-refractivity contribution in [2.75, 3.05) is 11.4 Å². The summed E-state index contributed by atoms with van der Waals surface area (Å²) in [5.74, 6) is 2.01. The van der Waals surface area contributed by atoms with Crippen LogP contribution >= 0.6 is 0 Å². The number of nitrogens with zero attached hydrogens (tertiary/aromatic N) is 1. The number of ketones is 1. The average Bonchev–Trinajstić information content (AvgIpc) is 2.48. The molecule has 3 rings (SSSR count). The van der Waals surface area contributed by atoms with E-state index >= 15 is 0 Å². The van der Waals surface area contributed by atoms with Crippen LogP contribution in [0.4, 0.5) is 5.69 Å². The van der Waals surface area contributed by atoms with E-state index in [0.29, 0.717) is 18.6 Å². The van der Waals surface area contributed by atoms with Crippen molar-refractivity contribution in [3.8, 4) is 11.5 Å². The van der Waals surface area contributed by atoms with E-state index in [-0.39, 0.29) is 6.04 Å². The third kappa shape index (κ3) is 3.24. The lowest BCUT2D eigenvalue weighted by Crippen LogP contribution is -2.41. The highest BCUT2D eigenvalue weighted by atomic mass is 16.5. The van der Waals surface area contributed by atoms with E-state index in [1.54, 1.807) is 0 Å². The van der Waals surface area contributed by atoms with E-state index in [1.165, 1.54) is 0 Å². The van der Waals surface area contributed by atoms with E-state index in [0.717, 1.165) is 23.7 Å². The molecule has 0 saturated carbocycles. The van der Waals surface area contributed by atoms with Crippen LogP contribution in [0.3, 0.4) is 0 Å². The molecule has 0 amide bonds. The number of rotatable bonds is 3. The number of para-hydroxylation sites is 1. The molecular weight excluding hydrogens is 262 g/mol. The molecule has 1 atom stereocenters. The largest absolute Gasteiger partial charge is 0.457 e. The van der Waals surface area contributed by atoms with E-state index in [2.05, 4.69) is 17.9 Å². The number of carbonyl (C=O) groups is 1. The quantitative estimate of drug-likeness (QED) is 0.850. The van der Waals surface area contributed by atoms with Crippen LogP contribution in [-0.4, -0.2) is 18.4 Å². The Morgan fingerprint density at radius 1 is 1.05 bits per heavy atom. The smallest absolute Gasteiger partial charge is 0.136 e. The summed E-state index contributed by atoms with van der Waals surface area (Å²) in [5, 5.41) is 0. The predicted molar refractivity (Wildman–Crippen MR) is 84.0 cm³/mol. The summed E-state index contributed by atoms with van der Waals surface area (Å²) < 4.78 is 5.87. The first kappa shape index (κ1) is 13.7. The first-order valence-corrected chi connectivity index (χ1v) is 7.34. The van der Waals surface area contributed by atoms with E-state index < -0.39 is 0 Å². The van der Waals surface area contributed by atoms with Gasteiger partial charge in [-0.15, -0.1) is 0 Å². The number of hydrogen-bond donors (Lipinski definition) is 0. The monoisotopic (exact) mass is 281 g/mol. The van der Waals surface area contributed by atoms with Gasteiger partial charge >= 0.3 is 0 Å². The van der Waals surface area contributed by atoms with E-state index in [1.807, 2.05) is 48.5 Å². The number of piperidine rings is 1. The maximum Gasteiger partial charge on any atom is 0.136 e. The fourth-order valence-electron chi connectivity index (χ4n) is 2.74. The third-order valence-corrected chi connectivity index (χ3v) is 3.81. The zero-order valence-corrected chi connectivity index (χ0v) is 12.2. The Kier molecular flexibility index (Phi) is 3.91. The molecule has 0 aliphatic carbocycles. The van der Waals surface area contributed by atoms with Gasteiger partial charge in [-0.25, -0.2) is 0 Å². The number of hydrogen-bond acceptors (Lipinski definition) is 3. The summed E-state index contributed by atoms with van der Waals surface area (Å²) in [6.45, 7) is 2.89. The van der Waals surface area contributed by atoms with Crippen molar-refractivity contribution in [3.63, 3.8) is 0 Å². The number of anilines is 1. The predicted octanol–water partition coefficient (Wildman–Crippen LogP) is 4.04. The number of Topliss-reactive ketones (excluding diaryl/α,β-unsaturated/α-hetero) is 1. The van der Waals surface area contributed by atoms with Crippen LogP contribution in [-0.2, 0) is 4.79 Å². The van der Waals surface area contributed by atoms with Crippen molar-refractivity contribution < 1.29 is 9.53 Å². The Labute approximate surface area is 125 Å². The SMILES string of the molecule is CC1CC(=O)CCN1c1cccc(Oc2ccccc2)c1. The van der Waals surface area contributed by atoms with Gasteiger partial charge < -0.3 is 9.64 Å². The Morgan fingerprint density at radius 3 is 2.57 bits per heavy atom. The lowest BCUT2D eigenvalue weighted by molar-refractivity contribution is -0.120. The zero-order chi connectivity index (χ0) is 14.7. The molecule has 1 aliphatic rings. The minimum absolute atomic E-state index is 0.248. The van der Waals surface area contributed by atoms with Gasteiger partial charge in [-0.2, -0.15) is 0 Å². The molecule has 21 heavy (non-hydrogen) atoms. The Balaban J connectivity index is 1.78. The van der Waals surface area contributed by atoms with Crippen molar-refractivity contribution in [2.24, 2.45) is 0 Å². The van der Waals surface area contributed by atoms with E-state index in [9.17, 15) is 4.79 Å². The average molecular weight is 281 g/mol. The van der Waals surface area contributed by atoms with Gasteiger partial charge in [-0.3, -0.25) is 4.79 Å². The van der Waals surface area contributed by atoms with Gasteiger partial charge in [0.1, 0.15) is 17.3 Å². The number of ether oxygens (including phenoxy) is 1. The summed E-state index contributed by atoms with van der Waals surface area (Å²) in [7, 11) is 0. The van der Waals surface area contributed by atoms with Gasteiger partial charge in [0.25, 0.3) is 0 Å². The topological polar surface area (TPSA) is 29.5 Å². The fraction of sp³-hybridized carbons (Fsp3) is 0.278. The van der Waals surface area contributed by atoms with Gasteiger partial charge in [0.2, 0.25) is 0 Å². The molecule has 1 unspecified atom stereocenters. The molecule has 0 spiro atoms. The second-order valence-electron chi connectivity index (χ2n) is 5.45. The molecule has 0 N–H and O–H groups in total. The van der Waals surface area contributed by atoms with Crippen LogP contribution < -0.4 is 9.64 Å². The van der Waals surface area contributed by atoms with Gasteiger partial charge in [0.05, 0.1) is 0 Å². The van der Waals surface area contributed by atoms with Crippen LogP contribution in [0.1, 0.15) is 19.8 Å². The summed E-state index contributed by atoms with van der Waals surface area (Å²) in [5.41, 5.74) is 1.11. The molecular formula is C18H19NO2. The first-order valence-electron chi connectivity index (χ1n) is 7.34. The van der Waals surface area contributed by atoms with Crippen molar-refractivity contribution in [3.05, 3.63) is 54.6 Å². The molecule has 3 nitrogen and oxygen atoms in total. The molecule has 108 valence electrons. The molecule has 0 radical (unpaired) electrons. The minimum Gasteiger partial charge on any atom is -0.457 e. The summed E-state index contributed by atoms with van der Waals surface area (Å²) in [4.78, 5) is 13.8. The molecule has 1 heterocycles. The lowest BCUT2D eigenvalue weighted by atomic mass is 10.0. The van der Waals surface area contributed by atoms with Crippen molar-refractivity contribution >= 4 is 11.5 Å². The molecule has 1 aliphatic heterocycles. The second-order valence-corrected chi connectivity index (χ2v) is 5.45. The third-order valence-electron chi connectivity index (χ3n) is 3.81. The van der Waals surface area contributed by atoms with Crippen LogP contribution in [0.25, 0.3) is 0 Å². The Hall–Kier alpha value is -2.29. The zero-order valence-electron chi connectivity index (χ0n) is 12.2. The molecule has 2 aromatic rings. The molecule has 1 fully saturated rings. The van der Waals surface area contributed by atoms with Crippen molar-refractivity contribution in [2.45, 2.75) is 25.8 Å². The van der Waals surface area contributed by atoms with Gasteiger partial charge in [-0.1, -0.05) is 24.3 Å². The summed E-state index contributed by atoms with van der Waals surface area (Å²) >= 11 is 0. The van der Waals surface area contributed by atoms with Crippen LogP contribution in [0.15, 0.2) is 54.6 Å². The minimum atomic E-state index is 0.248. The number of carbonyl (C=O) groups excluding carboxylic acids is 1. The molecule has 1 saturated heterocycles. The fourth-order valence-corrected chi connectivity index (χ4v) is 2.74. The summed E-state index contributed by atoms with van der Waals surface area (Å²) in [6.07, 6.45) is 1.26. The normalized spacial score (nSPS) is 18.6. The molecule has 0 bridgehead atoms. The maximum atomic E-state index is 11.5. The molecule has 3 heteroatoms. The highest BCUT2D eigenvalue weighted by Gasteiger charge is 2.23.